The average Bonchev–Trinajstić information content (AvgIpc) is 2.69. The van der Waals surface area contributed by atoms with Crippen molar-refractivity contribution in [1.82, 2.24) is 0 Å². The van der Waals surface area contributed by atoms with Crippen LogP contribution in [0.15, 0.2) is 83.9 Å². The lowest BCUT2D eigenvalue weighted by Crippen LogP contribution is -2.20. The second-order valence-corrected chi connectivity index (χ2v) is 6.43. The molecule has 142 valence electrons. The van der Waals surface area contributed by atoms with Crippen LogP contribution in [0.2, 0.25) is 0 Å². The molecule has 0 saturated carbocycles. The number of amidine groups is 1. The summed E-state index contributed by atoms with van der Waals surface area (Å²) in [7, 11) is 3.93. The number of para-hydroxylation sites is 1. The summed E-state index contributed by atoms with van der Waals surface area (Å²) in [6, 6.07) is 24.0. The van der Waals surface area contributed by atoms with Crippen molar-refractivity contribution in [3.05, 3.63) is 84.4 Å². The fraction of sp³-hybridized carbons (Fsp3) is 0.0909. The Morgan fingerprint density at radius 2 is 1.54 bits per heavy atom. The highest BCUT2D eigenvalue weighted by Crippen LogP contribution is 2.17. The number of amides is 2. The van der Waals surface area contributed by atoms with E-state index in [0.717, 1.165) is 16.9 Å². The third kappa shape index (κ3) is 5.11. The molecule has 0 fully saturated rings. The van der Waals surface area contributed by atoms with Crippen LogP contribution in [0.4, 0.5) is 27.5 Å². The van der Waals surface area contributed by atoms with Gasteiger partial charge in [0, 0.05) is 36.7 Å². The number of urea groups is 1. The molecular weight excluding hydrogens is 350 g/mol. The molecule has 0 aromatic heterocycles. The Balaban J connectivity index is 1.67. The van der Waals surface area contributed by atoms with Crippen LogP contribution >= 0.6 is 0 Å². The molecule has 0 saturated heterocycles. The number of hydrogen-bond donors (Lipinski definition) is 3. The Labute approximate surface area is 164 Å². The van der Waals surface area contributed by atoms with Gasteiger partial charge in [0.1, 0.15) is 5.84 Å². The minimum atomic E-state index is -0.326. The lowest BCUT2D eigenvalue weighted by atomic mass is 10.2. The summed E-state index contributed by atoms with van der Waals surface area (Å²) in [6.07, 6.45) is 0. The number of benzene rings is 3. The van der Waals surface area contributed by atoms with E-state index in [-0.39, 0.29) is 6.03 Å². The number of nitrogens with zero attached hydrogens (tertiary/aromatic N) is 2. The Hall–Kier alpha value is -3.80. The predicted molar refractivity (Wildman–Crippen MR) is 117 cm³/mol. The molecule has 2 amide bonds. The van der Waals surface area contributed by atoms with E-state index in [1.807, 2.05) is 85.7 Å². The summed E-state index contributed by atoms with van der Waals surface area (Å²) in [5.74, 6) is 0.384. The van der Waals surface area contributed by atoms with Crippen molar-refractivity contribution in [3.63, 3.8) is 0 Å². The van der Waals surface area contributed by atoms with Crippen LogP contribution < -0.4 is 21.3 Å². The molecule has 0 unspecified atom stereocenters. The molecule has 4 N–H and O–H groups in total. The summed E-state index contributed by atoms with van der Waals surface area (Å²) < 4.78 is 0. The molecule has 0 spiro atoms. The highest BCUT2D eigenvalue weighted by atomic mass is 16.2. The van der Waals surface area contributed by atoms with E-state index in [1.54, 1.807) is 12.1 Å². The third-order valence-electron chi connectivity index (χ3n) is 4.06. The molecule has 0 aliphatic heterocycles. The number of rotatable bonds is 5. The number of nitrogens with one attached hydrogen (secondary N) is 2. The van der Waals surface area contributed by atoms with Gasteiger partial charge >= 0.3 is 6.03 Å². The molecule has 3 aromatic rings. The van der Waals surface area contributed by atoms with Gasteiger partial charge in [-0.2, -0.15) is 0 Å². The van der Waals surface area contributed by atoms with Crippen LogP contribution in [0.25, 0.3) is 0 Å². The van der Waals surface area contributed by atoms with E-state index >= 15 is 0 Å². The fourth-order valence-corrected chi connectivity index (χ4v) is 2.60. The number of anilines is 3. The standard InChI is InChI=1S/C22H23N5O/c1-27(2)20-13-11-18(12-14-20)25-22(28)26-19-10-6-7-16(15-19)21(23)24-17-8-4-3-5-9-17/h3-15H,1-2H3,(H2,23,24)(H2,25,26,28). The van der Waals surface area contributed by atoms with Crippen LogP contribution in [-0.2, 0) is 0 Å². The van der Waals surface area contributed by atoms with E-state index < -0.39 is 0 Å². The minimum Gasteiger partial charge on any atom is -0.383 e. The number of carbonyl (C=O) groups is 1. The number of hydrogen-bond acceptors (Lipinski definition) is 3. The van der Waals surface area contributed by atoms with Crippen LogP contribution in [0.5, 0.6) is 0 Å². The summed E-state index contributed by atoms with van der Waals surface area (Å²) in [4.78, 5) is 18.7. The highest BCUT2D eigenvalue weighted by Gasteiger charge is 2.06. The fourth-order valence-electron chi connectivity index (χ4n) is 2.60. The molecule has 6 heteroatoms. The molecule has 0 aliphatic carbocycles. The quantitative estimate of drug-likeness (QED) is 0.457. The summed E-state index contributed by atoms with van der Waals surface area (Å²) in [6.45, 7) is 0. The van der Waals surface area contributed by atoms with Gasteiger partial charge in [-0.3, -0.25) is 0 Å². The first-order chi connectivity index (χ1) is 13.5. The van der Waals surface area contributed by atoms with Crippen molar-refractivity contribution in [1.29, 1.82) is 0 Å². The normalized spacial score (nSPS) is 11.0. The number of carbonyl (C=O) groups excluding carboxylic acids is 1. The van der Waals surface area contributed by atoms with E-state index in [0.29, 0.717) is 17.2 Å². The zero-order valence-electron chi connectivity index (χ0n) is 15.9. The first kappa shape index (κ1) is 19.0. The molecule has 0 heterocycles. The van der Waals surface area contributed by atoms with Gasteiger partial charge in [0.2, 0.25) is 0 Å². The topological polar surface area (TPSA) is 82.8 Å². The molecule has 3 aromatic carbocycles. The molecule has 0 aliphatic rings. The van der Waals surface area contributed by atoms with Gasteiger partial charge in [0.05, 0.1) is 5.69 Å². The van der Waals surface area contributed by atoms with Gasteiger partial charge in [-0.05, 0) is 48.5 Å². The van der Waals surface area contributed by atoms with Crippen LogP contribution in [0.1, 0.15) is 5.56 Å². The van der Waals surface area contributed by atoms with E-state index in [1.165, 1.54) is 0 Å². The Bertz CT molecular complexity index is 966. The van der Waals surface area contributed by atoms with Crippen molar-refractivity contribution < 1.29 is 4.79 Å². The van der Waals surface area contributed by atoms with Crippen LogP contribution in [-0.4, -0.2) is 26.0 Å². The second kappa shape index (κ2) is 8.73. The highest BCUT2D eigenvalue weighted by molar-refractivity contribution is 6.03. The predicted octanol–water partition coefficient (Wildman–Crippen LogP) is 4.43. The first-order valence-corrected chi connectivity index (χ1v) is 8.86. The van der Waals surface area contributed by atoms with Crippen LogP contribution in [0, 0.1) is 0 Å². The Kier molecular flexibility index (Phi) is 5.91. The van der Waals surface area contributed by atoms with Crippen molar-refractivity contribution in [2.75, 3.05) is 29.6 Å². The Morgan fingerprint density at radius 3 is 2.21 bits per heavy atom. The summed E-state index contributed by atoms with van der Waals surface area (Å²) >= 11 is 0. The van der Waals surface area contributed by atoms with Gasteiger partial charge in [-0.25, -0.2) is 9.79 Å². The smallest absolute Gasteiger partial charge is 0.323 e. The first-order valence-electron chi connectivity index (χ1n) is 8.86. The maximum atomic E-state index is 12.3. The number of nitrogens with two attached hydrogens (primary N) is 1. The monoisotopic (exact) mass is 373 g/mol. The molecule has 3 rings (SSSR count). The van der Waals surface area contributed by atoms with E-state index in [4.69, 9.17) is 5.73 Å². The second-order valence-electron chi connectivity index (χ2n) is 6.43. The third-order valence-corrected chi connectivity index (χ3v) is 4.06. The van der Waals surface area contributed by atoms with Gasteiger partial charge < -0.3 is 21.3 Å². The SMILES string of the molecule is CN(C)c1ccc(NC(=O)Nc2cccc(C(N)=Nc3ccccc3)c2)cc1. The molecular formula is C22H23N5O. The summed E-state index contributed by atoms with van der Waals surface area (Å²) in [5.41, 5.74) is 10.0. The molecule has 28 heavy (non-hydrogen) atoms. The van der Waals surface area contributed by atoms with Gasteiger partial charge in [-0.15, -0.1) is 0 Å². The minimum absolute atomic E-state index is 0.326. The maximum Gasteiger partial charge on any atom is 0.323 e. The van der Waals surface area contributed by atoms with Crippen molar-refractivity contribution in [2.24, 2.45) is 10.7 Å². The average molecular weight is 373 g/mol. The van der Waals surface area contributed by atoms with Gasteiger partial charge in [-0.1, -0.05) is 30.3 Å². The lowest BCUT2D eigenvalue weighted by molar-refractivity contribution is 0.262. The van der Waals surface area contributed by atoms with Crippen molar-refractivity contribution >= 4 is 34.6 Å². The Morgan fingerprint density at radius 1 is 0.857 bits per heavy atom. The van der Waals surface area contributed by atoms with Gasteiger partial charge in [0.25, 0.3) is 0 Å². The van der Waals surface area contributed by atoms with E-state index in [9.17, 15) is 4.79 Å². The largest absolute Gasteiger partial charge is 0.383 e. The maximum absolute atomic E-state index is 12.3. The molecule has 0 atom stereocenters. The van der Waals surface area contributed by atoms with Crippen molar-refractivity contribution in [2.45, 2.75) is 0 Å². The zero-order chi connectivity index (χ0) is 19.9. The number of aliphatic imine (C=N–C) groups is 1. The van der Waals surface area contributed by atoms with Crippen molar-refractivity contribution in [3.8, 4) is 0 Å². The molecule has 0 bridgehead atoms. The molecule has 6 nitrogen and oxygen atoms in total. The lowest BCUT2D eigenvalue weighted by Gasteiger charge is -2.13. The molecule has 0 radical (unpaired) electrons. The van der Waals surface area contributed by atoms with Crippen LogP contribution in [0.3, 0.4) is 0 Å². The van der Waals surface area contributed by atoms with E-state index in [2.05, 4.69) is 15.6 Å². The van der Waals surface area contributed by atoms with Gasteiger partial charge in [0.15, 0.2) is 0 Å². The zero-order valence-corrected chi connectivity index (χ0v) is 15.9. The summed E-state index contributed by atoms with van der Waals surface area (Å²) in [5, 5.41) is 5.63.